The molecule has 4 rings (SSSR count). The average molecular weight is 376 g/mol. The van der Waals surface area contributed by atoms with Gasteiger partial charge in [-0.3, -0.25) is 4.79 Å². The molecular formula is C22H21FN4O. The van der Waals surface area contributed by atoms with Crippen LogP contribution in [0.25, 0.3) is 0 Å². The Morgan fingerprint density at radius 1 is 1.11 bits per heavy atom. The number of hydrogen-bond donors (Lipinski definition) is 3. The largest absolute Gasteiger partial charge is 0.399 e. The van der Waals surface area contributed by atoms with E-state index in [0.29, 0.717) is 11.5 Å². The van der Waals surface area contributed by atoms with Crippen molar-refractivity contribution in [2.45, 2.75) is 25.8 Å². The van der Waals surface area contributed by atoms with Crippen molar-refractivity contribution >= 4 is 23.1 Å². The normalized spacial score (nSPS) is 15.1. The maximum atomic E-state index is 13.9. The summed E-state index contributed by atoms with van der Waals surface area (Å²) in [7, 11) is 0. The summed E-state index contributed by atoms with van der Waals surface area (Å²) in [5.74, 6) is -0.379. The molecule has 1 aromatic heterocycles. The highest BCUT2D eigenvalue weighted by atomic mass is 19.1. The zero-order chi connectivity index (χ0) is 19.7. The average Bonchev–Trinajstić information content (AvgIpc) is 3.04. The number of fused-ring (bicyclic) bond motifs is 1. The number of amides is 1. The van der Waals surface area contributed by atoms with Crippen molar-refractivity contribution in [3.8, 4) is 0 Å². The van der Waals surface area contributed by atoms with Crippen LogP contribution in [0.4, 0.5) is 21.6 Å². The Morgan fingerprint density at radius 3 is 2.71 bits per heavy atom. The number of carbonyl (C=O) groups excluding carboxylic acids is 1. The lowest BCUT2D eigenvalue weighted by Gasteiger charge is -2.13. The van der Waals surface area contributed by atoms with Crippen molar-refractivity contribution in [2.75, 3.05) is 11.1 Å². The molecule has 1 amide bonds. The van der Waals surface area contributed by atoms with E-state index in [1.165, 1.54) is 28.8 Å². The molecule has 0 spiro atoms. The number of aromatic nitrogens is 1. The first-order valence-electron chi connectivity index (χ1n) is 9.16. The summed E-state index contributed by atoms with van der Waals surface area (Å²) in [5, 5.41) is 5.91. The highest BCUT2D eigenvalue weighted by Crippen LogP contribution is 2.24. The zero-order valence-electron chi connectivity index (χ0n) is 15.5. The molecular weight excluding hydrogens is 355 g/mol. The maximum absolute atomic E-state index is 13.9. The Hall–Kier alpha value is -3.41. The van der Waals surface area contributed by atoms with Crippen LogP contribution < -0.4 is 16.4 Å². The molecule has 0 radical (unpaired) electrons. The fourth-order valence-electron chi connectivity index (χ4n) is 3.54. The first-order chi connectivity index (χ1) is 13.5. The summed E-state index contributed by atoms with van der Waals surface area (Å²) >= 11 is 0. The Bertz CT molecular complexity index is 1050. The summed E-state index contributed by atoms with van der Waals surface area (Å²) in [6, 6.07) is 15.7. The minimum absolute atomic E-state index is 0.0236. The predicted octanol–water partition coefficient (Wildman–Crippen LogP) is 3.75. The Morgan fingerprint density at radius 2 is 1.89 bits per heavy atom. The first kappa shape index (κ1) is 18.0. The van der Waals surface area contributed by atoms with Gasteiger partial charge in [0.15, 0.2) is 0 Å². The molecule has 1 aliphatic carbocycles. The topological polar surface area (TPSA) is 80.0 Å². The van der Waals surface area contributed by atoms with Crippen molar-refractivity contribution in [1.82, 2.24) is 10.3 Å². The predicted molar refractivity (Wildman–Crippen MR) is 108 cm³/mol. The lowest BCUT2D eigenvalue weighted by Crippen LogP contribution is -2.35. The molecule has 0 saturated heterocycles. The van der Waals surface area contributed by atoms with Crippen LogP contribution >= 0.6 is 0 Å². The number of pyridine rings is 1. The van der Waals surface area contributed by atoms with Gasteiger partial charge in [0.2, 0.25) is 0 Å². The number of para-hydroxylation sites is 1. The van der Waals surface area contributed by atoms with Crippen LogP contribution in [0.1, 0.15) is 27.2 Å². The Balaban J connectivity index is 1.49. The quantitative estimate of drug-likeness (QED) is 0.648. The standard InChI is InChI=1S/C22H21FN4O/c1-13-6-7-14-9-17(10-15(14)8-13)25-22(28)20-11-16(24)12-21(27-20)26-19-5-3-2-4-18(19)23/h2-8,11-12,17H,9-10H2,1H3,(H,25,28)(H3,24,26,27). The number of rotatable bonds is 4. The lowest BCUT2D eigenvalue weighted by molar-refractivity contribution is 0.0933. The number of anilines is 3. The molecule has 0 fully saturated rings. The number of nitrogen functional groups attached to an aromatic ring is 1. The number of hydrogen-bond acceptors (Lipinski definition) is 4. The van der Waals surface area contributed by atoms with Crippen LogP contribution in [-0.4, -0.2) is 16.9 Å². The third kappa shape index (κ3) is 3.81. The van der Waals surface area contributed by atoms with Gasteiger partial charge in [-0.05, 0) is 49.1 Å². The third-order valence-electron chi connectivity index (χ3n) is 4.85. The number of nitrogens with one attached hydrogen (secondary N) is 2. The van der Waals surface area contributed by atoms with E-state index in [-0.39, 0.29) is 23.3 Å². The van der Waals surface area contributed by atoms with Gasteiger partial charge in [0, 0.05) is 17.8 Å². The van der Waals surface area contributed by atoms with Gasteiger partial charge in [0.1, 0.15) is 17.3 Å². The molecule has 1 aliphatic rings. The van der Waals surface area contributed by atoms with Crippen LogP contribution in [0.15, 0.2) is 54.6 Å². The fraction of sp³-hybridized carbons (Fsp3) is 0.182. The molecule has 3 aromatic rings. The minimum atomic E-state index is -0.406. The maximum Gasteiger partial charge on any atom is 0.270 e. The van der Waals surface area contributed by atoms with E-state index in [1.54, 1.807) is 24.3 Å². The smallest absolute Gasteiger partial charge is 0.270 e. The van der Waals surface area contributed by atoms with Crippen LogP contribution in [0, 0.1) is 12.7 Å². The summed E-state index contributed by atoms with van der Waals surface area (Å²) in [4.78, 5) is 17.0. The summed E-state index contributed by atoms with van der Waals surface area (Å²) in [6.45, 7) is 2.06. The van der Waals surface area contributed by atoms with Gasteiger partial charge in [-0.15, -0.1) is 0 Å². The monoisotopic (exact) mass is 376 g/mol. The SMILES string of the molecule is Cc1ccc2c(c1)CC(NC(=O)c1cc(N)cc(Nc3ccccc3F)n1)C2. The molecule has 142 valence electrons. The van der Waals surface area contributed by atoms with E-state index >= 15 is 0 Å². The van der Waals surface area contributed by atoms with Crippen molar-refractivity contribution in [3.05, 3.63) is 82.8 Å². The summed E-state index contributed by atoms with van der Waals surface area (Å²) < 4.78 is 13.9. The Labute approximate surface area is 162 Å². The number of nitrogens with two attached hydrogens (primary N) is 1. The minimum Gasteiger partial charge on any atom is -0.399 e. The molecule has 6 heteroatoms. The van der Waals surface area contributed by atoms with Crippen molar-refractivity contribution < 1.29 is 9.18 Å². The number of nitrogens with zero attached hydrogens (tertiary/aromatic N) is 1. The Kier molecular flexibility index (Phi) is 4.69. The summed E-state index contributed by atoms with van der Waals surface area (Å²) in [6.07, 6.45) is 1.59. The first-order valence-corrected chi connectivity index (χ1v) is 9.16. The van der Waals surface area contributed by atoms with E-state index in [1.807, 2.05) is 0 Å². The van der Waals surface area contributed by atoms with Crippen molar-refractivity contribution in [3.63, 3.8) is 0 Å². The van der Waals surface area contributed by atoms with Gasteiger partial charge in [-0.2, -0.15) is 0 Å². The third-order valence-corrected chi connectivity index (χ3v) is 4.85. The highest BCUT2D eigenvalue weighted by Gasteiger charge is 2.24. The molecule has 2 aromatic carbocycles. The molecule has 28 heavy (non-hydrogen) atoms. The number of benzene rings is 2. The fourth-order valence-corrected chi connectivity index (χ4v) is 3.54. The van der Waals surface area contributed by atoms with Gasteiger partial charge in [0.25, 0.3) is 5.91 Å². The van der Waals surface area contributed by atoms with Gasteiger partial charge in [0.05, 0.1) is 5.69 Å². The van der Waals surface area contributed by atoms with E-state index in [4.69, 9.17) is 5.73 Å². The van der Waals surface area contributed by atoms with Crippen molar-refractivity contribution in [1.29, 1.82) is 0 Å². The molecule has 0 aliphatic heterocycles. The van der Waals surface area contributed by atoms with Crippen LogP contribution in [-0.2, 0) is 12.8 Å². The zero-order valence-corrected chi connectivity index (χ0v) is 15.5. The van der Waals surface area contributed by atoms with Crippen LogP contribution in [0.2, 0.25) is 0 Å². The second-order valence-corrected chi connectivity index (χ2v) is 7.13. The molecule has 5 nitrogen and oxygen atoms in total. The van der Waals surface area contributed by atoms with Gasteiger partial charge < -0.3 is 16.4 Å². The second kappa shape index (κ2) is 7.31. The van der Waals surface area contributed by atoms with E-state index in [2.05, 4.69) is 40.7 Å². The van der Waals surface area contributed by atoms with Gasteiger partial charge >= 0.3 is 0 Å². The van der Waals surface area contributed by atoms with E-state index in [0.717, 1.165) is 12.8 Å². The molecule has 0 saturated carbocycles. The second-order valence-electron chi connectivity index (χ2n) is 7.13. The number of aryl methyl sites for hydroxylation is 1. The molecule has 1 unspecified atom stereocenters. The molecule has 1 atom stereocenters. The summed E-state index contributed by atoms with van der Waals surface area (Å²) in [5.41, 5.74) is 10.5. The molecule has 1 heterocycles. The van der Waals surface area contributed by atoms with E-state index in [9.17, 15) is 9.18 Å². The van der Waals surface area contributed by atoms with E-state index < -0.39 is 5.82 Å². The highest BCUT2D eigenvalue weighted by molar-refractivity contribution is 5.94. The lowest BCUT2D eigenvalue weighted by atomic mass is 10.1. The van der Waals surface area contributed by atoms with Crippen molar-refractivity contribution in [2.24, 2.45) is 0 Å². The van der Waals surface area contributed by atoms with Crippen LogP contribution in [0.3, 0.4) is 0 Å². The number of carbonyl (C=O) groups is 1. The molecule has 4 N–H and O–H groups in total. The molecule has 0 bridgehead atoms. The van der Waals surface area contributed by atoms with Gasteiger partial charge in [-0.25, -0.2) is 9.37 Å². The van der Waals surface area contributed by atoms with Crippen LogP contribution in [0.5, 0.6) is 0 Å². The van der Waals surface area contributed by atoms with Gasteiger partial charge in [-0.1, -0.05) is 35.9 Å². The number of halogens is 1.